The van der Waals surface area contributed by atoms with E-state index in [0.29, 0.717) is 5.69 Å². The fraction of sp³-hybridized carbons (Fsp3) is 0. The lowest BCUT2D eigenvalue weighted by molar-refractivity contribution is 0.252. The van der Waals surface area contributed by atoms with Crippen LogP contribution in [0.3, 0.4) is 0 Å². The number of nitrogens with one attached hydrogen (secondary N) is 2. The molecule has 0 radical (unpaired) electrons. The van der Waals surface area contributed by atoms with Crippen molar-refractivity contribution in [2.24, 2.45) is 5.10 Å². The van der Waals surface area contributed by atoms with Gasteiger partial charge in [0.05, 0.1) is 17.3 Å². The number of carbonyl (C=O) groups excluding carboxylic acids is 1. The van der Waals surface area contributed by atoms with Gasteiger partial charge in [-0.1, -0.05) is 12.1 Å². The van der Waals surface area contributed by atoms with Crippen molar-refractivity contribution in [1.29, 1.82) is 0 Å². The molecule has 1 heterocycles. The molecule has 0 spiro atoms. The summed E-state index contributed by atoms with van der Waals surface area (Å²) in [7, 11) is 0. The van der Waals surface area contributed by atoms with Gasteiger partial charge in [-0.15, -0.1) is 0 Å². The zero-order valence-corrected chi connectivity index (χ0v) is 11.5. The number of halogens is 1. The van der Waals surface area contributed by atoms with E-state index in [0.717, 1.165) is 6.07 Å². The summed E-state index contributed by atoms with van der Waals surface area (Å²) in [5, 5.41) is 4.99. The number of amides is 2. The molecule has 0 aliphatic heterocycles. The number of anilines is 1. The Labute approximate surface area is 127 Å². The minimum Gasteiger partial charge on any atom is -0.305 e. The van der Waals surface area contributed by atoms with Crippen molar-refractivity contribution in [2.75, 3.05) is 5.32 Å². The van der Waals surface area contributed by atoms with E-state index < -0.39 is 28.1 Å². The van der Waals surface area contributed by atoms with Crippen molar-refractivity contribution in [3.63, 3.8) is 0 Å². The number of hydrogen-bond acceptors (Lipinski definition) is 5. The van der Waals surface area contributed by atoms with Gasteiger partial charge in [-0.05, 0) is 18.2 Å². The van der Waals surface area contributed by atoms with Gasteiger partial charge >= 0.3 is 6.03 Å². The molecule has 0 aliphatic rings. The molecule has 3 aromatic rings. The van der Waals surface area contributed by atoms with Crippen LogP contribution in [0.1, 0.15) is 0 Å². The second-order valence-electron chi connectivity index (χ2n) is 4.59. The predicted molar refractivity (Wildman–Crippen MR) is 80.8 cm³/mol. The highest BCUT2D eigenvalue weighted by atomic mass is 19.1. The lowest BCUT2D eigenvalue weighted by Crippen LogP contribution is -2.36. The Kier molecular flexibility index (Phi) is 3.63. The first-order chi connectivity index (χ1) is 11.1. The van der Waals surface area contributed by atoms with E-state index >= 15 is 0 Å². The molecule has 1 aromatic heterocycles. The quantitative estimate of drug-likeness (QED) is 0.677. The molecule has 0 saturated carbocycles. The molecule has 0 fully saturated rings. The third-order valence-electron chi connectivity index (χ3n) is 3.10. The number of aromatic nitrogens is 1. The normalized spacial score (nSPS) is 11.6. The number of fused-ring (bicyclic) bond motifs is 1. The Hall–Kier alpha value is -3.42. The lowest BCUT2D eigenvalue weighted by Gasteiger charge is -2.01. The molecular weight excluding hydrogens is 303 g/mol. The number of pyridine rings is 1. The van der Waals surface area contributed by atoms with E-state index in [1.807, 2.05) is 5.43 Å². The van der Waals surface area contributed by atoms with Crippen molar-refractivity contribution >= 4 is 22.5 Å². The summed E-state index contributed by atoms with van der Waals surface area (Å²) in [6, 6.07) is 6.18. The molecule has 114 valence electrons. The maximum absolute atomic E-state index is 13.6. The van der Waals surface area contributed by atoms with Gasteiger partial charge in [0, 0.05) is 11.6 Å². The number of benzene rings is 1. The molecule has 2 N–H and O–H groups in total. The van der Waals surface area contributed by atoms with Gasteiger partial charge in [0.25, 0.3) is 0 Å². The molecule has 3 rings (SSSR count). The number of rotatable bonds is 2. The van der Waals surface area contributed by atoms with Crippen LogP contribution < -0.4 is 27.0 Å². The number of urea groups is 1. The SMILES string of the molecule is O=C(NN=c1c(=O)c2cccc(F)c2c1=O)Nc1cccnc1. The topological polar surface area (TPSA) is 101 Å². The van der Waals surface area contributed by atoms with E-state index in [4.69, 9.17) is 0 Å². The third kappa shape index (κ3) is 2.69. The van der Waals surface area contributed by atoms with E-state index in [9.17, 15) is 18.8 Å². The summed E-state index contributed by atoms with van der Waals surface area (Å²) >= 11 is 0. The zero-order chi connectivity index (χ0) is 16.4. The molecule has 7 nitrogen and oxygen atoms in total. The van der Waals surface area contributed by atoms with Gasteiger partial charge < -0.3 is 5.32 Å². The van der Waals surface area contributed by atoms with Crippen molar-refractivity contribution in [2.45, 2.75) is 0 Å². The van der Waals surface area contributed by atoms with E-state index in [-0.39, 0.29) is 10.8 Å². The Morgan fingerprint density at radius 1 is 1.13 bits per heavy atom. The molecule has 0 unspecified atom stereocenters. The lowest BCUT2D eigenvalue weighted by atomic mass is 10.2. The third-order valence-corrected chi connectivity index (χ3v) is 3.10. The Balaban J connectivity index is 1.93. The first-order valence-electron chi connectivity index (χ1n) is 6.50. The van der Waals surface area contributed by atoms with Crippen molar-refractivity contribution in [3.05, 3.63) is 74.3 Å². The standard InChI is InChI=1S/C15H9FN4O3/c16-10-5-1-4-9-11(10)14(22)12(13(9)21)19-20-15(23)18-8-3-2-6-17-7-8/h1-7H,(H2,18,20,23). The highest BCUT2D eigenvalue weighted by Crippen LogP contribution is 2.08. The van der Waals surface area contributed by atoms with E-state index in [2.05, 4.69) is 15.4 Å². The van der Waals surface area contributed by atoms with E-state index in [1.54, 1.807) is 12.1 Å². The molecule has 0 bridgehead atoms. The molecule has 2 amide bonds. The molecule has 2 aromatic carbocycles. The van der Waals surface area contributed by atoms with Gasteiger partial charge in [0.1, 0.15) is 5.82 Å². The molecule has 23 heavy (non-hydrogen) atoms. The average molecular weight is 312 g/mol. The number of carbonyl (C=O) groups is 1. The van der Waals surface area contributed by atoms with Crippen LogP contribution in [0.25, 0.3) is 10.8 Å². The number of hydrogen-bond donors (Lipinski definition) is 2. The summed E-state index contributed by atoms with van der Waals surface area (Å²) in [6.45, 7) is 0. The Bertz CT molecular complexity index is 1040. The van der Waals surface area contributed by atoms with Crippen LogP contribution in [0.15, 0.2) is 57.4 Å². The molecule has 0 saturated heterocycles. The van der Waals surface area contributed by atoms with Crippen LogP contribution in [0.5, 0.6) is 0 Å². The van der Waals surface area contributed by atoms with Gasteiger partial charge in [-0.25, -0.2) is 14.6 Å². The fourth-order valence-corrected chi connectivity index (χ4v) is 2.10. The zero-order valence-electron chi connectivity index (χ0n) is 11.5. The van der Waals surface area contributed by atoms with Crippen LogP contribution in [0, 0.1) is 5.82 Å². The highest BCUT2D eigenvalue weighted by Gasteiger charge is 2.14. The predicted octanol–water partition coefficient (Wildman–Crippen LogP) is 0.607. The summed E-state index contributed by atoms with van der Waals surface area (Å²) < 4.78 is 13.6. The largest absolute Gasteiger partial charge is 0.339 e. The molecule has 0 aliphatic carbocycles. The Morgan fingerprint density at radius 3 is 2.65 bits per heavy atom. The van der Waals surface area contributed by atoms with Gasteiger partial charge in [-0.3, -0.25) is 14.6 Å². The molecule has 0 atom stereocenters. The maximum Gasteiger partial charge on any atom is 0.339 e. The first kappa shape index (κ1) is 14.5. The first-order valence-corrected chi connectivity index (χ1v) is 6.50. The van der Waals surface area contributed by atoms with Crippen LogP contribution in [-0.4, -0.2) is 11.0 Å². The van der Waals surface area contributed by atoms with Crippen LogP contribution >= 0.6 is 0 Å². The summed E-state index contributed by atoms with van der Waals surface area (Å²) in [5.74, 6) is -0.800. The maximum atomic E-state index is 13.6. The van der Waals surface area contributed by atoms with Crippen molar-refractivity contribution < 1.29 is 9.18 Å². The van der Waals surface area contributed by atoms with Crippen molar-refractivity contribution in [1.82, 2.24) is 10.4 Å². The summed E-state index contributed by atoms with van der Waals surface area (Å²) in [6.07, 6.45) is 2.94. The van der Waals surface area contributed by atoms with Crippen LogP contribution in [0.2, 0.25) is 0 Å². The van der Waals surface area contributed by atoms with Gasteiger partial charge in [0.15, 0.2) is 5.36 Å². The second kappa shape index (κ2) is 5.76. The average Bonchev–Trinajstić information content (AvgIpc) is 2.79. The summed E-state index contributed by atoms with van der Waals surface area (Å²) in [5.41, 5.74) is 0.853. The molecule has 8 heteroatoms. The minimum absolute atomic E-state index is 0.0665. The van der Waals surface area contributed by atoms with Gasteiger partial charge in [-0.2, -0.15) is 5.10 Å². The molecular formula is C15H9FN4O3. The smallest absolute Gasteiger partial charge is 0.305 e. The number of nitrogens with zero attached hydrogens (tertiary/aromatic N) is 2. The highest BCUT2D eigenvalue weighted by molar-refractivity contribution is 5.88. The van der Waals surface area contributed by atoms with Gasteiger partial charge in [0.2, 0.25) is 10.9 Å². The summed E-state index contributed by atoms with van der Waals surface area (Å²) in [4.78, 5) is 39.5. The minimum atomic E-state index is -0.857. The van der Waals surface area contributed by atoms with Crippen LogP contribution in [-0.2, 0) is 0 Å². The Morgan fingerprint density at radius 2 is 1.96 bits per heavy atom. The van der Waals surface area contributed by atoms with E-state index in [1.165, 1.54) is 24.5 Å². The fourth-order valence-electron chi connectivity index (χ4n) is 2.10. The van der Waals surface area contributed by atoms with Crippen molar-refractivity contribution in [3.8, 4) is 0 Å². The monoisotopic (exact) mass is 312 g/mol. The second-order valence-corrected chi connectivity index (χ2v) is 4.59. The van der Waals surface area contributed by atoms with Crippen LogP contribution in [0.4, 0.5) is 14.9 Å².